The van der Waals surface area contributed by atoms with Crippen LogP contribution in [0.5, 0.6) is 0 Å². The van der Waals surface area contributed by atoms with Gasteiger partial charge in [-0.25, -0.2) is 22.3 Å². The predicted octanol–water partition coefficient (Wildman–Crippen LogP) is 2.74. The lowest BCUT2D eigenvalue weighted by atomic mass is 10.2. The number of sulfonamides is 1. The Morgan fingerprint density at radius 2 is 1.96 bits per heavy atom. The minimum atomic E-state index is -4.18. The van der Waals surface area contributed by atoms with Gasteiger partial charge in [-0.05, 0) is 36.4 Å². The second kappa shape index (κ2) is 9.45. The zero-order valence-electron chi connectivity index (χ0n) is 14.4. The lowest BCUT2D eigenvalue weighted by Crippen LogP contribution is -2.25. The van der Waals surface area contributed by atoms with E-state index in [1.54, 1.807) is 18.2 Å². The molecule has 28 heavy (non-hydrogen) atoms. The van der Waals surface area contributed by atoms with Crippen LogP contribution in [0.2, 0.25) is 5.02 Å². The third-order valence-corrected chi connectivity index (χ3v) is 4.99. The Morgan fingerprint density at radius 1 is 1.21 bits per heavy atom. The van der Waals surface area contributed by atoms with Crippen LogP contribution < -0.4 is 10.0 Å². The van der Waals surface area contributed by atoms with Crippen LogP contribution in [0.25, 0.3) is 0 Å². The Balaban J connectivity index is 2.05. The Labute approximate surface area is 166 Å². The van der Waals surface area contributed by atoms with E-state index in [1.165, 1.54) is 12.1 Å². The first-order valence-corrected chi connectivity index (χ1v) is 9.71. The van der Waals surface area contributed by atoms with Gasteiger partial charge >= 0.3 is 5.97 Å². The highest BCUT2D eigenvalue weighted by atomic mass is 35.5. The fraction of sp³-hybridized carbons (Fsp3) is 0.111. The monoisotopic (exact) mass is 426 g/mol. The van der Waals surface area contributed by atoms with Crippen molar-refractivity contribution in [1.82, 2.24) is 4.72 Å². The topological polar surface area (TPSA) is 102 Å². The number of hydrogen-bond donors (Lipinski definition) is 2. The van der Waals surface area contributed by atoms with Gasteiger partial charge in [0.2, 0.25) is 10.0 Å². The maximum atomic E-state index is 13.9. The molecule has 0 unspecified atom stereocenters. The molecule has 0 heterocycles. The standard InChI is InChI=1S/C18H16ClFN2O5S/c1-2-8-21-28(25,26)16-9-12(6-7-15(16)20)18(24)27-11-17(23)22-14-5-3-4-13(19)10-14/h2-7,9-10,21H,1,8,11H2,(H,22,23). The Hall–Kier alpha value is -2.75. The molecule has 0 aliphatic rings. The second-order valence-corrected chi connectivity index (χ2v) is 7.59. The second-order valence-electron chi connectivity index (χ2n) is 5.42. The van der Waals surface area contributed by atoms with E-state index in [4.69, 9.17) is 16.3 Å². The van der Waals surface area contributed by atoms with E-state index in [-0.39, 0.29) is 12.1 Å². The summed E-state index contributed by atoms with van der Waals surface area (Å²) in [6, 6.07) is 9.07. The van der Waals surface area contributed by atoms with Crippen molar-refractivity contribution in [2.45, 2.75) is 4.90 Å². The summed E-state index contributed by atoms with van der Waals surface area (Å²) in [5.74, 6) is -2.65. The van der Waals surface area contributed by atoms with Crippen molar-refractivity contribution < 1.29 is 27.1 Å². The molecule has 0 aliphatic heterocycles. The number of amides is 1. The number of anilines is 1. The van der Waals surface area contributed by atoms with Crippen LogP contribution in [0.3, 0.4) is 0 Å². The van der Waals surface area contributed by atoms with E-state index in [0.29, 0.717) is 10.7 Å². The molecule has 2 N–H and O–H groups in total. The van der Waals surface area contributed by atoms with Crippen molar-refractivity contribution in [2.75, 3.05) is 18.5 Å². The lowest BCUT2D eigenvalue weighted by Gasteiger charge is -2.09. The first kappa shape index (κ1) is 21.5. The number of carbonyl (C=O) groups is 2. The average molecular weight is 427 g/mol. The van der Waals surface area contributed by atoms with Crippen LogP contribution in [-0.2, 0) is 19.6 Å². The minimum Gasteiger partial charge on any atom is -0.452 e. The molecule has 0 spiro atoms. The smallest absolute Gasteiger partial charge is 0.338 e. The molecular formula is C18H16ClFN2O5S. The summed E-state index contributed by atoms with van der Waals surface area (Å²) in [5.41, 5.74) is 0.188. The van der Waals surface area contributed by atoms with Crippen molar-refractivity contribution >= 4 is 39.2 Å². The molecule has 2 aromatic carbocycles. The molecule has 0 aromatic heterocycles. The van der Waals surface area contributed by atoms with Gasteiger partial charge in [-0.1, -0.05) is 23.7 Å². The third-order valence-electron chi connectivity index (χ3n) is 3.32. The summed E-state index contributed by atoms with van der Waals surface area (Å²) in [6.45, 7) is 2.62. The largest absolute Gasteiger partial charge is 0.452 e. The Morgan fingerprint density at radius 3 is 2.64 bits per heavy atom. The molecule has 148 valence electrons. The van der Waals surface area contributed by atoms with E-state index in [1.807, 2.05) is 0 Å². The molecule has 0 atom stereocenters. The van der Waals surface area contributed by atoms with Gasteiger partial charge in [0.05, 0.1) is 5.56 Å². The van der Waals surface area contributed by atoms with Crippen molar-refractivity contribution in [3.05, 3.63) is 71.5 Å². The molecule has 0 saturated carbocycles. The van der Waals surface area contributed by atoms with E-state index in [9.17, 15) is 22.4 Å². The fourth-order valence-electron chi connectivity index (χ4n) is 2.06. The predicted molar refractivity (Wildman–Crippen MR) is 102 cm³/mol. The highest BCUT2D eigenvalue weighted by molar-refractivity contribution is 7.89. The number of benzene rings is 2. The van der Waals surface area contributed by atoms with Gasteiger partial charge in [0.25, 0.3) is 5.91 Å². The van der Waals surface area contributed by atoms with E-state index < -0.39 is 39.2 Å². The number of nitrogens with one attached hydrogen (secondary N) is 2. The number of esters is 1. The Bertz CT molecular complexity index is 1010. The van der Waals surface area contributed by atoms with E-state index in [2.05, 4.69) is 16.6 Å². The van der Waals surface area contributed by atoms with Gasteiger partial charge in [0, 0.05) is 17.3 Å². The van der Waals surface area contributed by atoms with E-state index >= 15 is 0 Å². The van der Waals surface area contributed by atoms with Crippen LogP contribution in [0, 0.1) is 5.82 Å². The number of carbonyl (C=O) groups excluding carboxylic acids is 2. The lowest BCUT2D eigenvalue weighted by molar-refractivity contribution is -0.119. The Kier molecular flexibility index (Phi) is 7.27. The summed E-state index contributed by atoms with van der Waals surface area (Å²) in [6.07, 6.45) is 1.28. The fourth-order valence-corrected chi connectivity index (χ4v) is 3.35. The summed E-state index contributed by atoms with van der Waals surface area (Å²) >= 11 is 5.80. The molecule has 0 fully saturated rings. The van der Waals surface area contributed by atoms with Crippen molar-refractivity contribution in [3.8, 4) is 0 Å². The molecule has 0 radical (unpaired) electrons. The molecule has 0 bridgehead atoms. The molecule has 7 nitrogen and oxygen atoms in total. The third kappa shape index (κ3) is 5.88. The molecule has 2 aromatic rings. The molecule has 2 rings (SSSR count). The molecule has 1 amide bonds. The quantitative estimate of drug-likeness (QED) is 0.499. The number of halogens is 2. The van der Waals surface area contributed by atoms with Crippen LogP contribution in [0.1, 0.15) is 10.4 Å². The number of ether oxygens (including phenoxy) is 1. The molecular weight excluding hydrogens is 411 g/mol. The zero-order valence-corrected chi connectivity index (χ0v) is 16.0. The zero-order chi connectivity index (χ0) is 20.7. The van der Waals surface area contributed by atoms with Crippen LogP contribution in [0.15, 0.2) is 60.0 Å². The first-order chi connectivity index (χ1) is 13.2. The van der Waals surface area contributed by atoms with Crippen molar-refractivity contribution in [1.29, 1.82) is 0 Å². The van der Waals surface area contributed by atoms with Gasteiger partial charge in [-0.15, -0.1) is 6.58 Å². The summed E-state index contributed by atoms with van der Waals surface area (Å²) in [4.78, 5) is 23.2. The highest BCUT2D eigenvalue weighted by Crippen LogP contribution is 2.17. The average Bonchev–Trinajstić information content (AvgIpc) is 2.64. The maximum absolute atomic E-state index is 13.9. The normalized spacial score (nSPS) is 10.9. The number of rotatable bonds is 8. The van der Waals surface area contributed by atoms with Gasteiger partial charge in [0.15, 0.2) is 6.61 Å². The van der Waals surface area contributed by atoms with Crippen LogP contribution >= 0.6 is 11.6 Å². The molecule has 0 saturated heterocycles. The van der Waals surface area contributed by atoms with Gasteiger partial charge in [-0.2, -0.15) is 0 Å². The maximum Gasteiger partial charge on any atom is 0.338 e. The van der Waals surface area contributed by atoms with Crippen LogP contribution in [0.4, 0.5) is 10.1 Å². The van der Waals surface area contributed by atoms with Crippen LogP contribution in [-0.4, -0.2) is 33.4 Å². The van der Waals surface area contributed by atoms with Gasteiger partial charge < -0.3 is 10.1 Å². The van der Waals surface area contributed by atoms with E-state index in [0.717, 1.165) is 18.2 Å². The molecule has 0 aliphatic carbocycles. The SMILES string of the molecule is C=CCNS(=O)(=O)c1cc(C(=O)OCC(=O)Nc2cccc(Cl)c2)ccc1F. The molecule has 10 heteroatoms. The van der Waals surface area contributed by atoms with Crippen molar-refractivity contribution in [3.63, 3.8) is 0 Å². The van der Waals surface area contributed by atoms with Gasteiger partial charge in [-0.3, -0.25) is 4.79 Å². The number of hydrogen-bond acceptors (Lipinski definition) is 5. The van der Waals surface area contributed by atoms with Gasteiger partial charge in [0.1, 0.15) is 10.7 Å². The first-order valence-electron chi connectivity index (χ1n) is 7.85. The summed E-state index contributed by atoms with van der Waals surface area (Å²) < 4.78 is 44.9. The summed E-state index contributed by atoms with van der Waals surface area (Å²) in [7, 11) is -4.18. The van der Waals surface area contributed by atoms with Crippen molar-refractivity contribution in [2.24, 2.45) is 0 Å². The minimum absolute atomic E-state index is 0.111. The highest BCUT2D eigenvalue weighted by Gasteiger charge is 2.21. The summed E-state index contributed by atoms with van der Waals surface area (Å²) in [5, 5.41) is 2.90.